The van der Waals surface area contributed by atoms with Crippen LogP contribution in [0.25, 0.3) is 0 Å². The fraction of sp³-hybridized carbons (Fsp3) is 1.00. The van der Waals surface area contributed by atoms with Crippen molar-refractivity contribution < 1.29 is 164 Å². The van der Waals surface area contributed by atoms with Gasteiger partial charge in [-0.1, -0.05) is 13.8 Å². The van der Waals surface area contributed by atoms with Crippen LogP contribution in [0.3, 0.4) is 0 Å². The van der Waals surface area contributed by atoms with E-state index in [2.05, 4.69) is 92.4 Å². The zero-order chi connectivity index (χ0) is 101. The van der Waals surface area contributed by atoms with E-state index >= 15 is 0 Å². The van der Waals surface area contributed by atoms with Crippen LogP contribution in [0.1, 0.15) is 79.1 Å². The van der Waals surface area contributed by atoms with Gasteiger partial charge < -0.3 is 164 Å². The molecule has 0 spiro atoms. The van der Waals surface area contributed by atoms with Gasteiger partial charge in [0.15, 0.2) is 49.9 Å². The highest BCUT2D eigenvalue weighted by atomic mass is 28.4. The summed E-state index contributed by atoms with van der Waals surface area (Å²) in [5, 5.41) is 0. The van der Waals surface area contributed by atoms with Crippen LogP contribution < -0.4 is 0 Å². The van der Waals surface area contributed by atoms with Crippen LogP contribution in [-0.2, 0) is 164 Å². The van der Waals surface area contributed by atoms with E-state index in [0.717, 1.165) is 154 Å². The first-order valence-electron chi connectivity index (χ1n) is 50.1. The van der Waals surface area contributed by atoms with Gasteiger partial charge in [0.2, 0.25) is 0 Å². The predicted octanol–water partition coefficient (Wildman–Crippen LogP) is 14.0. The molecule has 0 aromatic rings. The molecule has 0 rings (SSSR count). The van der Waals surface area contributed by atoms with Crippen molar-refractivity contribution in [2.75, 3.05) is 427 Å². The van der Waals surface area contributed by atoms with Crippen LogP contribution in [0.4, 0.5) is 0 Å². The van der Waals surface area contributed by atoms with E-state index in [1.807, 2.05) is 13.8 Å². The molecule has 822 valence electrons. The third-order valence-corrected chi connectivity index (χ3v) is 35.5. The second-order valence-electron chi connectivity index (χ2n) is 34.1. The van der Waals surface area contributed by atoms with Gasteiger partial charge in [-0.25, -0.2) is 0 Å². The lowest BCUT2D eigenvalue weighted by atomic mass is 10.5. The molecule has 0 saturated heterocycles. The Hall–Kier alpha value is -0.0987. The topological polar surface area (TPSA) is 323 Å². The summed E-state index contributed by atoms with van der Waals surface area (Å²) in [6.45, 7) is 70.6. The lowest BCUT2D eigenvalue weighted by molar-refractivity contribution is -0.0146. The maximum atomic E-state index is 5.54. The highest BCUT2D eigenvalue weighted by Gasteiger charge is 2.24. The molecule has 0 radical (unpaired) electrons. The van der Waals surface area contributed by atoms with E-state index in [1.165, 1.54) is 0 Å². The third kappa shape index (κ3) is 140. The smallest absolute Gasteiger partial charge is 0.186 e. The molecule has 0 aliphatic heterocycles. The van der Waals surface area contributed by atoms with Crippen molar-refractivity contribution in [3.63, 3.8) is 0 Å². The molecule has 0 aliphatic rings. The van der Waals surface area contributed by atoms with E-state index < -0.39 is 49.9 Å². The minimum absolute atomic E-state index is 0.567. The summed E-state index contributed by atoms with van der Waals surface area (Å²) in [7, 11) is 5.56. The van der Waals surface area contributed by atoms with Gasteiger partial charge in [0.1, 0.15) is 0 Å². The average Bonchev–Trinajstić information content (AvgIpc) is 0.983. The Labute approximate surface area is 830 Å². The van der Waals surface area contributed by atoms with Crippen LogP contribution in [0, 0.1) is 0 Å². The van der Waals surface area contributed by atoms with Crippen molar-refractivity contribution in [3.8, 4) is 0 Å². The number of hydrogen-bond donors (Lipinski definition) is 0. The molecule has 0 fully saturated rings. The molecule has 35 nitrogen and oxygen atoms in total. The standard InChI is InChI=1S/C17H38O7Si.C17H38O6Si.C16H36O6Si.C15H34O6Si.C15H34O5Si.C14H32O5Si/c1-18-7-8-21-11-12-23-15-16-24-14-13-22-10-9-20-6-5-17-25(3,4)19-2;1-5-7-19-9-11-21-13-15-23-16-14-22-12-10-20-8-6-17-24(3,4)18-2;1-5-18-8-9-20-12-13-22-15-14-21-11-10-19-7-6-16-23(3,4)17-2;1-16-7-8-19-11-12-21-14-13-20-10-9-18-6-5-15-22(3,4)17-2;1-5-7-17-9-11-19-13-14-20-12-10-18-8-6-15-21(3,4)16-2;1-5-16-8-9-18-12-13-19-11-10-17-7-6-14-20(3,4)15-2/h5-17H2,1-4H3;5-17H2,1-4H3;5-16H2,1-4H3;5-15H2,1-4H3;5-15H2,1-4H3;5-14H2,1-4H3. The van der Waals surface area contributed by atoms with E-state index in [0.29, 0.717) is 304 Å². The van der Waals surface area contributed by atoms with Crippen LogP contribution >= 0.6 is 0 Å². The second-order valence-corrected chi connectivity index (χ2v) is 60.7. The summed E-state index contributed by atoms with van der Waals surface area (Å²) in [4.78, 5) is 0. The van der Waals surface area contributed by atoms with E-state index in [4.69, 9.17) is 164 Å². The van der Waals surface area contributed by atoms with Crippen LogP contribution in [0.5, 0.6) is 0 Å². The SMILES string of the molecule is CCCOCCOCCOCCOCCC[Si](C)(C)OC.CCCOCCOCCOCCOCCOCCC[Si](C)(C)OC.CCOCCOCCOCCOCCC[Si](C)(C)OC.CCOCCOCCOCCOCCOCCC[Si](C)(C)OC.COCCOCCOCCOCCOCCC[Si](C)(C)OC.COCCOCCOCCOCCOCCOCCC[Si](C)(C)OC. The largest absolute Gasteiger partial charge is 0.420 e. The van der Waals surface area contributed by atoms with Crippen LogP contribution in [0.2, 0.25) is 115 Å². The Morgan fingerprint density at radius 3 is 0.311 bits per heavy atom. The van der Waals surface area contributed by atoms with Crippen molar-refractivity contribution in [1.29, 1.82) is 0 Å². The first-order chi connectivity index (χ1) is 65.2. The van der Waals surface area contributed by atoms with E-state index in [-0.39, 0.29) is 0 Å². The maximum Gasteiger partial charge on any atom is 0.186 e. The number of ether oxygens (including phenoxy) is 29. The van der Waals surface area contributed by atoms with Crippen molar-refractivity contribution >= 4 is 49.9 Å². The van der Waals surface area contributed by atoms with E-state index in [9.17, 15) is 0 Å². The predicted molar refractivity (Wildman–Crippen MR) is 551 cm³/mol. The Morgan fingerprint density at radius 2 is 0.215 bits per heavy atom. The Morgan fingerprint density at radius 1 is 0.119 bits per heavy atom. The van der Waals surface area contributed by atoms with Crippen LogP contribution in [0.15, 0.2) is 0 Å². The number of rotatable bonds is 105. The molecular weight excluding hydrogens is 1860 g/mol. The Bertz CT molecular complexity index is 2130. The van der Waals surface area contributed by atoms with Gasteiger partial charge in [-0.15, -0.1) is 0 Å². The summed E-state index contributed by atoms with van der Waals surface area (Å²) in [5.74, 6) is 0. The zero-order valence-electron chi connectivity index (χ0n) is 90.8. The van der Waals surface area contributed by atoms with Crippen molar-refractivity contribution in [3.05, 3.63) is 0 Å². The van der Waals surface area contributed by atoms with Gasteiger partial charge in [0.25, 0.3) is 0 Å². The molecule has 0 heterocycles. The molecule has 0 aromatic carbocycles. The zero-order valence-corrected chi connectivity index (χ0v) is 96.8. The van der Waals surface area contributed by atoms with Gasteiger partial charge in [-0.2, -0.15) is 0 Å². The van der Waals surface area contributed by atoms with Crippen LogP contribution in [-0.4, -0.2) is 477 Å². The van der Waals surface area contributed by atoms with Gasteiger partial charge >= 0.3 is 0 Å². The molecule has 0 amide bonds. The van der Waals surface area contributed by atoms with Gasteiger partial charge in [-0.05, 0) is 180 Å². The van der Waals surface area contributed by atoms with Crippen molar-refractivity contribution in [2.45, 2.75) is 194 Å². The molecule has 41 heteroatoms. The van der Waals surface area contributed by atoms with Crippen molar-refractivity contribution in [1.82, 2.24) is 0 Å². The fourth-order valence-corrected chi connectivity index (χ4v) is 17.3. The molecule has 0 saturated carbocycles. The van der Waals surface area contributed by atoms with Crippen molar-refractivity contribution in [2.24, 2.45) is 0 Å². The van der Waals surface area contributed by atoms with Gasteiger partial charge in [0, 0.05) is 123 Å². The quantitative estimate of drug-likeness (QED) is 0.0403. The summed E-state index contributed by atoms with van der Waals surface area (Å²) in [5.41, 5.74) is 0. The molecule has 0 aliphatic carbocycles. The molecule has 0 N–H and O–H groups in total. The molecule has 135 heavy (non-hydrogen) atoms. The molecule has 0 bridgehead atoms. The molecule has 0 atom stereocenters. The highest BCUT2D eigenvalue weighted by molar-refractivity contribution is 6.72. The minimum atomic E-state index is -1.44. The lowest BCUT2D eigenvalue weighted by Crippen LogP contribution is -2.28. The van der Waals surface area contributed by atoms with Gasteiger partial charge in [0.05, 0.1) is 304 Å². The average molecular weight is 2070 g/mol. The highest BCUT2D eigenvalue weighted by Crippen LogP contribution is 2.17. The first-order valence-corrected chi connectivity index (χ1v) is 68.8. The number of hydrogen-bond acceptors (Lipinski definition) is 35. The Balaban J connectivity index is -0.000000370. The van der Waals surface area contributed by atoms with E-state index in [1.54, 1.807) is 56.9 Å². The molecular formula is C94H212O35Si6. The fourth-order valence-electron chi connectivity index (χ4n) is 10.1. The molecule has 0 aromatic heterocycles. The summed E-state index contributed by atoms with van der Waals surface area (Å²) >= 11 is 0. The third-order valence-electron chi connectivity index (χ3n) is 19.5. The summed E-state index contributed by atoms with van der Waals surface area (Å²) in [6, 6.07) is 6.79. The minimum Gasteiger partial charge on any atom is -0.420 e. The monoisotopic (exact) mass is 2070 g/mol. The first kappa shape index (κ1) is 146. The summed E-state index contributed by atoms with van der Waals surface area (Å²) < 4.78 is 188. The lowest BCUT2D eigenvalue weighted by Gasteiger charge is -2.19. The molecule has 0 unspecified atom stereocenters. The normalized spacial score (nSPS) is 12.0. The van der Waals surface area contributed by atoms with Gasteiger partial charge in [-0.3, -0.25) is 0 Å². The Kier molecular flexibility index (Phi) is 128. The summed E-state index contributed by atoms with van der Waals surface area (Å²) in [6.07, 6.45) is 8.43. The maximum absolute atomic E-state index is 5.54. The second kappa shape index (κ2) is 119. The number of methoxy groups -OCH3 is 2.